The van der Waals surface area contributed by atoms with E-state index in [1.54, 1.807) is 22.7 Å². The van der Waals surface area contributed by atoms with Crippen molar-refractivity contribution in [3.05, 3.63) is 51.2 Å². The second-order valence-electron chi connectivity index (χ2n) is 3.82. The van der Waals surface area contributed by atoms with E-state index in [2.05, 4.69) is 53.7 Å². The molecule has 0 saturated carbocycles. The first kappa shape index (κ1) is 10.7. The van der Waals surface area contributed by atoms with Crippen molar-refractivity contribution in [2.75, 3.05) is 0 Å². The summed E-state index contributed by atoms with van der Waals surface area (Å²) in [6, 6.07) is 10.4. The van der Waals surface area contributed by atoms with E-state index < -0.39 is 0 Å². The van der Waals surface area contributed by atoms with Crippen molar-refractivity contribution in [2.24, 2.45) is 0 Å². The summed E-state index contributed by atoms with van der Waals surface area (Å²) in [4.78, 5) is 5.89. The van der Waals surface area contributed by atoms with Crippen LogP contribution < -0.4 is 0 Å². The van der Waals surface area contributed by atoms with Crippen LogP contribution in [0.4, 0.5) is 0 Å². The topological polar surface area (TPSA) is 12.9 Å². The molecule has 3 aromatic rings. The predicted molar refractivity (Wildman–Crippen MR) is 77.6 cm³/mol. The molecule has 0 saturated heterocycles. The number of hydrogen-bond donors (Lipinski definition) is 0. The molecule has 1 aromatic carbocycles. The summed E-state index contributed by atoms with van der Waals surface area (Å²) < 4.78 is 1.25. The van der Waals surface area contributed by atoms with Crippen LogP contribution in [0.25, 0.3) is 22.4 Å². The first-order chi connectivity index (χ1) is 8.33. The van der Waals surface area contributed by atoms with E-state index in [4.69, 9.17) is 0 Å². The van der Waals surface area contributed by atoms with E-state index in [-0.39, 0.29) is 0 Å². The predicted octanol–water partition coefficient (Wildman–Crippen LogP) is 4.84. The average molecular weight is 257 g/mol. The van der Waals surface area contributed by atoms with Crippen LogP contribution >= 0.6 is 22.7 Å². The molecule has 0 radical (unpaired) electrons. The van der Waals surface area contributed by atoms with Crippen LogP contribution in [0, 0.1) is 6.92 Å². The van der Waals surface area contributed by atoms with E-state index in [1.807, 2.05) is 6.07 Å². The molecule has 17 heavy (non-hydrogen) atoms. The molecule has 0 N–H and O–H groups in total. The number of hydrogen-bond acceptors (Lipinski definition) is 3. The van der Waals surface area contributed by atoms with Crippen molar-refractivity contribution >= 4 is 45.0 Å². The van der Waals surface area contributed by atoms with Gasteiger partial charge in [0.1, 0.15) is 5.01 Å². The van der Waals surface area contributed by atoms with Crippen molar-refractivity contribution < 1.29 is 0 Å². The Morgan fingerprint density at radius 3 is 2.76 bits per heavy atom. The number of aromatic nitrogens is 1. The molecule has 2 heterocycles. The molecule has 2 aromatic heterocycles. The van der Waals surface area contributed by atoms with Gasteiger partial charge in [-0.2, -0.15) is 0 Å². The molecule has 84 valence electrons. The van der Waals surface area contributed by atoms with Gasteiger partial charge in [0.2, 0.25) is 0 Å². The van der Waals surface area contributed by atoms with E-state index in [0.717, 1.165) is 10.5 Å². The molecule has 0 unspecified atom stereocenters. The molecule has 1 nitrogen and oxygen atoms in total. The van der Waals surface area contributed by atoms with Gasteiger partial charge in [-0.1, -0.05) is 12.1 Å². The fourth-order valence-corrected chi connectivity index (χ4v) is 3.35. The summed E-state index contributed by atoms with van der Waals surface area (Å²) in [5, 5.41) is 3.19. The highest BCUT2D eigenvalue weighted by Gasteiger charge is 2.00. The first-order valence-electron chi connectivity index (χ1n) is 5.41. The normalized spacial score (nSPS) is 11.6. The highest BCUT2D eigenvalue weighted by Crippen LogP contribution is 2.24. The standard InChI is InChI=1S/C14H11NS2/c1-10-8-9-16-12(10)6-7-14-15-11-4-2-3-5-13(11)17-14/h2-9H,1H3/b7-6+. The third kappa shape index (κ3) is 2.16. The van der Waals surface area contributed by atoms with Crippen LogP contribution in [0.15, 0.2) is 35.7 Å². The minimum atomic E-state index is 1.07. The Labute approximate surface area is 108 Å². The van der Waals surface area contributed by atoms with E-state index in [0.29, 0.717) is 0 Å². The second kappa shape index (κ2) is 4.43. The lowest BCUT2D eigenvalue weighted by molar-refractivity contribution is 1.46. The summed E-state index contributed by atoms with van der Waals surface area (Å²) in [6.07, 6.45) is 4.25. The number of benzene rings is 1. The highest BCUT2D eigenvalue weighted by molar-refractivity contribution is 7.19. The molecule has 0 amide bonds. The Kier molecular flexibility index (Phi) is 2.79. The van der Waals surface area contributed by atoms with Gasteiger partial charge in [-0.3, -0.25) is 0 Å². The Morgan fingerprint density at radius 1 is 1.12 bits per heavy atom. The zero-order valence-electron chi connectivity index (χ0n) is 9.38. The third-order valence-electron chi connectivity index (χ3n) is 2.59. The van der Waals surface area contributed by atoms with Crippen molar-refractivity contribution in [2.45, 2.75) is 6.92 Å². The largest absolute Gasteiger partial charge is 0.237 e. The van der Waals surface area contributed by atoms with Crippen molar-refractivity contribution in [3.8, 4) is 0 Å². The van der Waals surface area contributed by atoms with Gasteiger partial charge < -0.3 is 0 Å². The van der Waals surface area contributed by atoms with Gasteiger partial charge in [-0.25, -0.2) is 4.98 Å². The molecular formula is C14H11NS2. The Balaban J connectivity index is 1.95. The second-order valence-corrected chi connectivity index (χ2v) is 5.83. The number of para-hydroxylation sites is 1. The maximum absolute atomic E-state index is 4.58. The molecular weight excluding hydrogens is 246 g/mol. The number of thiophene rings is 1. The van der Waals surface area contributed by atoms with Crippen LogP contribution in [-0.2, 0) is 0 Å². The minimum Gasteiger partial charge on any atom is -0.237 e. The zero-order valence-corrected chi connectivity index (χ0v) is 11.0. The van der Waals surface area contributed by atoms with Gasteiger partial charge in [0, 0.05) is 4.88 Å². The lowest BCUT2D eigenvalue weighted by Gasteiger charge is -1.87. The van der Waals surface area contributed by atoms with Crippen LogP contribution in [0.1, 0.15) is 15.4 Å². The summed E-state index contributed by atoms with van der Waals surface area (Å²) >= 11 is 3.50. The van der Waals surface area contributed by atoms with Crippen LogP contribution in [0.2, 0.25) is 0 Å². The molecule has 0 atom stereocenters. The van der Waals surface area contributed by atoms with Gasteiger partial charge in [0.25, 0.3) is 0 Å². The molecule has 3 rings (SSSR count). The summed E-state index contributed by atoms with van der Waals surface area (Å²) in [7, 11) is 0. The van der Waals surface area contributed by atoms with E-state index in [9.17, 15) is 0 Å². The molecule has 0 aliphatic carbocycles. The van der Waals surface area contributed by atoms with Crippen molar-refractivity contribution in [3.63, 3.8) is 0 Å². The number of rotatable bonds is 2. The number of aryl methyl sites for hydroxylation is 1. The highest BCUT2D eigenvalue weighted by atomic mass is 32.1. The van der Waals surface area contributed by atoms with Gasteiger partial charge in [-0.15, -0.1) is 22.7 Å². The summed E-state index contributed by atoms with van der Waals surface area (Å²) in [5.74, 6) is 0. The van der Waals surface area contributed by atoms with Gasteiger partial charge in [0.15, 0.2) is 0 Å². The number of nitrogens with zero attached hydrogens (tertiary/aromatic N) is 1. The molecule has 0 fully saturated rings. The lowest BCUT2D eigenvalue weighted by Crippen LogP contribution is -1.69. The lowest BCUT2D eigenvalue weighted by atomic mass is 10.3. The fourth-order valence-electron chi connectivity index (χ4n) is 1.66. The average Bonchev–Trinajstić information content (AvgIpc) is 2.92. The minimum absolute atomic E-state index is 1.07. The van der Waals surface area contributed by atoms with E-state index in [1.165, 1.54) is 15.1 Å². The SMILES string of the molecule is Cc1ccsc1/C=C/c1nc2ccccc2s1. The van der Waals surface area contributed by atoms with E-state index >= 15 is 0 Å². The number of fused-ring (bicyclic) bond motifs is 1. The first-order valence-corrected chi connectivity index (χ1v) is 7.10. The monoisotopic (exact) mass is 257 g/mol. The zero-order chi connectivity index (χ0) is 11.7. The van der Waals surface area contributed by atoms with Gasteiger partial charge in [-0.05, 0) is 48.2 Å². The molecule has 0 aliphatic rings. The van der Waals surface area contributed by atoms with Crippen molar-refractivity contribution in [1.29, 1.82) is 0 Å². The van der Waals surface area contributed by atoms with Gasteiger partial charge in [0.05, 0.1) is 10.2 Å². The molecule has 0 aliphatic heterocycles. The smallest absolute Gasteiger partial charge is 0.117 e. The quantitative estimate of drug-likeness (QED) is 0.640. The van der Waals surface area contributed by atoms with Crippen LogP contribution in [0.5, 0.6) is 0 Å². The molecule has 0 spiro atoms. The number of thiazole rings is 1. The fraction of sp³-hybridized carbons (Fsp3) is 0.0714. The maximum atomic E-state index is 4.58. The Morgan fingerprint density at radius 2 is 2.00 bits per heavy atom. The van der Waals surface area contributed by atoms with Crippen LogP contribution in [0.3, 0.4) is 0 Å². The van der Waals surface area contributed by atoms with Gasteiger partial charge >= 0.3 is 0 Å². The maximum Gasteiger partial charge on any atom is 0.117 e. The van der Waals surface area contributed by atoms with Crippen LogP contribution in [-0.4, -0.2) is 4.98 Å². The molecule has 0 bridgehead atoms. The summed E-state index contributed by atoms with van der Waals surface area (Å²) in [5.41, 5.74) is 2.41. The van der Waals surface area contributed by atoms with Crippen molar-refractivity contribution in [1.82, 2.24) is 4.98 Å². The molecule has 3 heteroatoms. The Bertz CT molecular complexity index is 643. The summed E-state index contributed by atoms with van der Waals surface area (Å²) in [6.45, 7) is 2.13. The third-order valence-corrected chi connectivity index (χ3v) is 4.58. The Hall–Kier alpha value is -1.45.